The van der Waals surface area contributed by atoms with Crippen molar-refractivity contribution in [1.29, 1.82) is 0 Å². The number of nitrogens with zero attached hydrogens (tertiary/aromatic N) is 1. The van der Waals surface area contributed by atoms with Crippen LogP contribution in [0.2, 0.25) is 0 Å². The Hall–Kier alpha value is -0.810. The smallest absolute Gasteiger partial charge is 0.190 e. The summed E-state index contributed by atoms with van der Waals surface area (Å²) in [6.45, 7) is 8.93. The minimum Gasteiger partial charge on any atom is -0.381 e. The Morgan fingerprint density at radius 3 is 2.45 bits per heavy atom. The van der Waals surface area contributed by atoms with Crippen LogP contribution in [0.25, 0.3) is 0 Å². The molecule has 0 saturated carbocycles. The van der Waals surface area contributed by atoms with Crippen LogP contribution >= 0.6 is 0 Å². The Labute approximate surface area is 136 Å². The fourth-order valence-electron chi connectivity index (χ4n) is 2.48. The van der Waals surface area contributed by atoms with Crippen molar-refractivity contribution in [3.63, 3.8) is 0 Å². The number of guanidine groups is 1. The van der Waals surface area contributed by atoms with E-state index in [0.29, 0.717) is 6.10 Å². The van der Waals surface area contributed by atoms with Gasteiger partial charge in [0.05, 0.1) is 6.10 Å². The van der Waals surface area contributed by atoms with Crippen molar-refractivity contribution in [2.75, 3.05) is 40.0 Å². The van der Waals surface area contributed by atoms with Gasteiger partial charge in [-0.05, 0) is 31.6 Å². The van der Waals surface area contributed by atoms with Gasteiger partial charge in [0.25, 0.3) is 0 Å². The van der Waals surface area contributed by atoms with Gasteiger partial charge in [-0.15, -0.1) is 0 Å². The highest BCUT2D eigenvalue weighted by Gasteiger charge is 2.13. The molecule has 1 fully saturated rings. The van der Waals surface area contributed by atoms with E-state index in [9.17, 15) is 0 Å². The molecule has 0 aliphatic carbocycles. The van der Waals surface area contributed by atoms with E-state index in [1.54, 1.807) is 0 Å². The zero-order chi connectivity index (χ0) is 16.0. The highest BCUT2D eigenvalue weighted by Crippen LogP contribution is 2.10. The lowest BCUT2D eigenvalue weighted by Crippen LogP contribution is -2.38. The molecule has 2 N–H and O–H groups in total. The van der Waals surface area contributed by atoms with Gasteiger partial charge in [-0.3, -0.25) is 4.99 Å². The van der Waals surface area contributed by atoms with E-state index in [0.717, 1.165) is 64.1 Å². The van der Waals surface area contributed by atoms with Crippen molar-refractivity contribution >= 4 is 5.96 Å². The molecule has 1 heterocycles. The lowest BCUT2D eigenvalue weighted by molar-refractivity contribution is -0.0320. The van der Waals surface area contributed by atoms with Crippen molar-refractivity contribution in [3.8, 4) is 0 Å². The average molecular weight is 313 g/mol. The summed E-state index contributed by atoms with van der Waals surface area (Å²) in [5.41, 5.74) is 0. The van der Waals surface area contributed by atoms with Crippen LogP contribution in [-0.2, 0) is 9.47 Å². The van der Waals surface area contributed by atoms with E-state index in [1.165, 1.54) is 19.3 Å². The summed E-state index contributed by atoms with van der Waals surface area (Å²) in [4.78, 5) is 4.25. The predicted octanol–water partition coefficient (Wildman–Crippen LogP) is 2.56. The average Bonchev–Trinajstić information content (AvgIpc) is 2.53. The fourth-order valence-corrected chi connectivity index (χ4v) is 2.48. The van der Waals surface area contributed by atoms with E-state index in [1.807, 2.05) is 7.05 Å². The third kappa shape index (κ3) is 10.0. The lowest BCUT2D eigenvalue weighted by atomic mass is 10.1. The maximum Gasteiger partial charge on any atom is 0.190 e. The molecule has 5 heteroatoms. The molecule has 0 atom stereocenters. The Balaban J connectivity index is 1.94. The van der Waals surface area contributed by atoms with Gasteiger partial charge in [0.2, 0.25) is 0 Å². The number of nitrogens with one attached hydrogen (secondary N) is 2. The quantitative estimate of drug-likeness (QED) is 0.370. The molecule has 0 aromatic carbocycles. The second-order valence-corrected chi connectivity index (χ2v) is 6.35. The normalized spacial score (nSPS) is 17.0. The minimum atomic E-state index is 0.396. The van der Waals surface area contributed by atoms with Crippen LogP contribution in [0.3, 0.4) is 0 Å². The van der Waals surface area contributed by atoms with Crippen LogP contribution in [-0.4, -0.2) is 52.0 Å². The van der Waals surface area contributed by atoms with E-state index in [2.05, 4.69) is 29.5 Å². The number of hydrogen-bond donors (Lipinski definition) is 2. The van der Waals surface area contributed by atoms with Crippen LogP contribution in [0.1, 0.15) is 52.4 Å². The minimum absolute atomic E-state index is 0.396. The molecule has 0 aromatic rings. The van der Waals surface area contributed by atoms with Crippen molar-refractivity contribution < 1.29 is 9.47 Å². The van der Waals surface area contributed by atoms with Gasteiger partial charge in [-0.1, -0.05) is 26.7 Å². The Morgan fingerprint density at radius 1 is 1.14 bits per heavy atom. The fraction of sp³-hybridized carbons (Fsp3) is 0.941. The molecule has 1 rings (SSSR count). The van der Waals surface area contributed by atoms with Crippen molar-refractivity contribution in [2.45, 2.75) is 58.5 Å². The molecule has 1 aliphatic rings. The molecule has 5 nitrogen and oxygen atoms in total. The molecule has 22 heavy (non-hydrogen) atoms. The summed E-state index contributed by atoms with van der Waals surface area (Å²) in [5, 5.41) is 6.71. The van der Waals surface area contributed by atoms with E-state index in [4.69, 9.17) is 9.47 Å². The van der Waals surface area contributed by atoms with E-state index < -0.39 is 0 Å². The monoisotopic (exact) mass is 313 g/mol. The second kappa shape index (κ2) is 12.7. The first kappa shape index (κ1) is 19.2. The molecule has 0 spiro atoms. The maximum atomic E-state index is 5.85. The van der Waals surface area contributed by atoms with Crippen molar-refractivity contribution in [2.24, 2.45) is 10.9 Å². The van der Waals surface area contributed by atoms with Crippen LogP contribution in [0, 0.1) is 5.92 Å². The molecule has 130 valence electrons. The maximum absolute atomic E-state index is 5.85. The summed E-state index contributed by atoms with van der Waals surface area (Å²) in [7, 11) is 1.82. The highest BCUT2D eigenvalue weighted by atomic mass is 16.5. The molecular formula is C17H35N3O2. The first-order chi connectivity index (χ1) is 10.7. The van der Waals surface area contributed by atoms with Gasteiger partial charge in [0.1, 0.15) is 0 Å². The standard InChI is InChI=1S/C17H35N3O2/c1-15(2)7-4-5-10-19-17(18-3)20-11-6-12-22-16-8-13-21-14-9-16/h15-16H,4-14H2,1-3H3,(H2,18,19,20). The largest absolute Gasteiger partial charge is 0.381 e. The first-order valence-electron chi connectivity index (χ1n) is 8.86. The van der Waals surface area contributed by atoms with E-state index in [-0.39, 0.29) is 0 Å². The van der Waals surface area contributed by atoms with E-state index >= 15 is 0 Å². The van der Waals surface area contributed by atoms with Crippen LogP contribution in [0.4, 0.5) is 0 Å². The SMILES string of the molecule is CN=C(NCCCCC(C)C)NCCCOC1CCOCC1. The lowest BCUT2D eigenvalue weighted by Gasteiger charge is -2.22. The van der Waals surface area contributed by atoms with Gasteiger partial charge < -0.3 is 20.1 Å². The zero-order valence-corrected chi connectivity index (χ0v) is 14.7. The summed E-state index contributed by atoms with van der Waals surface area (Å²) in [5.74, 6) is 1.70. The molecule has 0 unspecified atom stereocenters. The molecule has 0 radical (unpaired) electrons. The molecule has 0 bridgehead atoms. The Morgan fingerprint density at radius 2 is 1.82 bits per heavy atom. The van der Waals surface area contributed by atoms with Gasteiger partial charge >= 0.3 is 0 Å². The molecule has 0 amide bonds. The van der Waals surface area contributed by atoms with Gasteiger partial charge in [-0.2, -0.15) is 0 Å². The topological polar surface area (TPSA) is 54.9 Å². The Kier molecular flexibility index (Phi) is 11.1. The number of ether oxygens (including phenoxy) is 2. The highest BCUT2D eigenvalue weighted by molar-refractivity contribution is 5.79. The number of hydrogen-bond acceptors (Lipinski definition) is 3. The number of rotatable bonds is 10. The second-order valence-electron chi connectivity index (χ2n) is 6.35. The third-order valence-electron chi connectivity index (χ3n) is 3.86. The van der Waals surface area contributed by atoms with Crippen LogP contribution < -0.4 is 10.6 Å². The predicted molar refractivity (Wildman–Crippen MR) is 92.5 cm³/mol. The summed E-state index contributed by atoms with van der Waals surface area (Å²) in [6, 6.07) is 0. The zero-order valence-electron chi connectivity index (χ0n) is 14.7. The third-order valence-corrected chi connectivity index (χ3v) is 3.86. The molecular weight excluding hydrogens is 278 g/mol. The van der Waals surface area contributed by atoms with Crippen molar-refractivity contribution in [3.05, 3.63) is 0 Å². The first-order valence-corrected chi connectivity index (χ1v) is 8.86. The van der Waals surface area contributed by atoms with Gasteiger partial charge in [-0.25, -0.2) is 0 Å². The van der Waals surface area contributed by atoms with Gasteiger partial charge in [0.15, 0.2) is 5.96 Å². The molecule has 1 aliphatic heterocycles. The molecule has 1 saturated heterocycles. The molecule has 0 aromatic heterocycles. The van der Waals surface area contributed by atoms with Crippen molar-refractivity contribution in [1.82, 2.24) is 10.6 Å². The van der Waals surface area contributed by atoms with Crippen LogP contribution in [0.15, 0.2) is 4.99 Å². The van der Waals surface area contributed by atoms with Crippen LogP contribution in [0.5, 0.6) is 0 Å². The summed E-state index contributed by atoms with van der Waals surface area (Å²) in [6.07, 6.45) is 7.25. The number of aliphatic imine (C=N–C) groups is 1. The Bertz CT molecular complexity index is 290. The number of unbranched alkanes of at least 4 members (excludes halogenated alkanes) is 1. The summed E-state index contributed by atoms with van der Waals surface area (Å²) < 4.78 is 11.2. The van der Waals surface area contributed by atoms with Gasteiger partial charge in [0, 0.05) is 40.0 Å². The summed E-state index contributed by atoms with van der Waals surface area (Å²) >= 11 is 0.